The first-order valence-corrected chi connectivity index (χ1v) is 7.96. The summed E-state index contributed by atoms with van der Waals surface area (Å²) in [6, 6.07) is 4.99. The predicted octanol–water partition coefficient (Wildman–Crippen LogP) is 2.62. The quantitative estimate of drug-likeness (QED) is 0.932. The Bertz CT molecular complexity index is 645. The molecule has 0 amide bonds. The molecular formula is C17H23FN4O. The van der Waals surface area contributed by atoms with E-state index < -0.39 is 6.64 Å². The summed E-state index contributed by atoms with van der Waals surface area (Å²) in [6.45, 7) is 4.47. The molecular weight excluding hydrogens is 295 g/mol. The lowest BCUT2D eigenvalue weighted by Crippen LogP contribution is -2.42. The summed E-state index contributed by atoms with van der Waals surface area (Å²) in [6.07, 6.45) is 3.43. The normalized spacial score (nSPS) is 24.1. The van der Waals surface area contributed by atoms with Gasteiger partial charge in [0.2, 0.25) is 5.96 Å². The fourth-order valence-corrected chi connectivity index (χ4v) is 2.82. The third-order valence-corrected chi connectivity index (χ3v) is 4.20. The van der Waals surface area contributed by atoms with E-state index in [4.69, 9.17) is 6.11 Å². The molecule has 124 valence electrons. The van der Waals surface area contributed by atoms with Crippen LogP contribution in [0.25, 0.3) is 0 Å². The summed E-state index contributed by atoms with van der Waals surface area (Å²) >= 11 is 0. The summed E-state index contributed by atoms with van der Waals surface area (Å²) in [5.41, 5.74) is 1.57. The van der Waals surface area contributed by atoms with E-state index >= 15 is 0 Å². The number of hydrogen-bond acceptors (Lipinski definition) is 5. The van der Waals surface area contributed by atoms with Crippen molar-refractivity contribution < 1.29 is 10.5 Å². The van der Waals surface area contributed by atoms with Crippen molar-refractivity contribution in [3.8, 4) is 0 Å². The molecule has 2 heterocycles. The van der Waals surface area contributed by atoms with Gasteiger partial charge in [0.25, 0.3) is 0 Å². The van der Waals surface area contributed by atoms with Gasteiger partial charge in [0, 0.05) is 24.8 Å². The Morgan fingerprint density at radius 3 is 2.96 bits per heavy atom. The van der Waals surface area contributed by atoms with Gasteiger partial charge in [-0.1, -0.05) is 17.7 Å². The molecule has 0 bridgehead atoms. The van der Waals surface area contributed by atoms with Crippen molar-refractivity contribution in [2.75, 3.05) is 19.9 Å². The van der Waals surface area contributed by atoms with Gasteiger partial charge in [-0.15, -0.1) is 0 Å². The SMILES string of the molecule is [2H][C@@H]1N=C(NC(C)c2cc(C)ccc2F)N=CN1C1CCOCC1. The van der Waals surface area contributed by atoms with Crippen molar-refractivity contribution in [3.05, 3.63) is 35.1 Å². The van der Waals surface area contributed by atoms with E-state index in [1.165, 1.54) is 6.07 Å². The van der Waals surface area contributed by atoms with Crippen LogP contribution in [0.1, 0.15) is 38.3 Å². The molecule has 1 saturated heterocycles. The summed E-state index contributed by atoms with van der Waals surface area (Å²) in [5, 5.41) is 3.10. The minimum Gasteiger partial charge on any atom is -0.381 e. The summed E-state index contributed by atoms with van der Waals surface area (Å²) in [5.74, 6) is 0.110. The first-order chi connectivity index (χ1) is 11.5. The highest BCUT2D eigenvalue weighted by Gasteiger charge is 2.21. The third kappa shape index (κ3) is 3.88. The number of ether oxygens (including phenoxy) is 1. The lowest BCUT2D eigenvalue weighted by Gasteiger charge is -2.33. The monoisotopic (exact) mass is 319 g/mol. The van der Waals surface area contributed by atoms with Gasteiger partial charge < -0.3 is 15.0 Å². The van der Waals surface area contributed by atoms with Crippen molar-refractivity contribution in [2.24, 2.45) is 9.98 Å². The molecule has 3 rings (SSSR count). The highest BCUT2D eigenvalue weighted by atomic mass is 19.1. The zero-order valence-corrected chi connectivity index (χ0v) is 13.5. The van der Waals surface area contributed by atoms with Crippen LogP contribution in [0.3, 0.4) is 0 Å². The molecule has 1 aromatic carbocycles. The summed E-state index contributed by atoms with van der Waals surface area (Å²) < 4.78 is 27.5. The molecule has 5 nitrogen and oxygen atoms in total. The molecule has 2 aliphatic heterocycles. The van der Waals surface area contributed by atoms with Crippen LogP contribution in [0, 0.1) is 12.7 Å². The van der Waals surface area contributed by atoms with Crippen LogP contribution in [0.5, 0.6) is 0 Å². The number of benzene rings is 1. The lowest BCUT2D eigenvalue weighted by atomic mass is 10.1. The number of guanidine groups is 1. The molecule has 23 heavy (non-hydrogen) atoms. The predicted molar refractivity (Wildman–Crippen MR) is 89.2 cm³/mol. The van der Waals surface area contributed by atoms with Crippen LogP contribution in [0.15, 0.2) is 28.2 Å². The molecule has 2 aliphatic rings. The molecule has 0 aromatic heterocycles. The molecule has 0 radical (unpaired) electrons. The Labute approximate surface area is 137 Å². The fourth-order valence-electron chi connectivity index (χ4n) is 2.82. The van der Waals surface area contributed by atoms with Crippen LogP contribution in [0.4, 0.5) is 4.39 Å². The summed E-state index contributed by atoms with van der Waals surface area (Å²) in [4.78, 5) is 10.5. The van der Waals surface area contributed by atoms with Crippen LogP contribution in [0.2, 0.25) is 0 Å². The molecule has 0 saturated carbocycles. The molecule has 1 unspecified atom stereocenters. The van der Waals surface area contributed by atoms with Crippen molar-refractivity contribution in [2.45, 2.75) is 38.8 Å². The highest BCUT2D eigenvalue weighted by Crippen LogP contribution is 2.19. The van der Waals surface area contributed by atoms with Crippen LogP contribution in [-0.4, -0.2) is 43.1 Å². The number of hydrogen-bond donors (Lipinski definition) is 1. The summed E-state index contributed by atoms with van der Waals surface area (Å²) in [7, 11) is 0. The van der Waals surface area contributed by atoms with Crippen LogP contribution in [-0.2, 0) is 4.74 Å². The number of aryl methyl sites for hydroxylation is 1. The van der Waals surface area contributed by atoms with Gasteiger partial charge in [-0.05, 0) is 32.8 Å². The third-order valence-electron chi connectivity index (χ3n) is 4.20. The minimum absolute atomic E-state index is 0.238. The number of aliphatic imine (C=N–C) groups is 2. The maximum atomic E-state index is 14.0. The van der Waals surface area contributed by atoms with Gasteiger partial charge in [0.15, 0.2) is 0 Å². The van der Waals surface area contributed by atoms with Gasteiger partial charge in [0.05, 0.1) is 13.8 Å². The van der Waals surface area contributed by atoms with Crippen molar-refractivity contribution in [1.82, 2.24) is 10.2 Å². The average molecular weight is 319 g/mol. The topological polar surface area (TPSA) is 49.2 Å². The van der Waals surface area contributed by atoms with E-state index in [0.717, 1.165) is 18.4 Å². The van der Waals surface area contributed by atoms with Gasteiger partial charge in [-0.25, -0.2) is 14.4 Å². The highest BCUT2D eigenvalue weighted by molar-refractivity contribution is 5.89. The standard InChI is InChI=1S/C17H23FN4O/c1-12-3-4-16(18)15(9-12)13(2)21-17-19-10-22(11-20-17)14-5-7-23-8-6-14/h3-4,9-10,13-14H,5-8,11H2,1-2H3,(H,20,21)/i11D/t11-,13?/m1/s1. The second kappa shape index (κ2) is 7.08. The Morgan fingerprint density at radius 1 is 1.43 bits per heavy atom. The first kappa shape index (κ1) is 14.6. The van der Waals surface area contributed by atoms with Crippen molar-refractivity contribution in [1.29, 1.82) is 0 Å². The first-order valence-electron chi connectivity index (χ1n) is 8.54. The van der Waals surface area contributed by atoms with Crippen LogP contribution >= 0.6 is 0 Å². The van der Waals surface area contributed by atoms with Crippen molar-refractivity contribution >= 4 is 12.3 Å². The maximum Gasteiger partial charge on any atom is 0.221 e. The Kier molecular flexibility index (Phi) is 4.51. The van der Waals surface area contributed by atoms with E-state index in [2.05, 4.69) is 15.3 Å². The molecule has 0 aliphatic carbocycles. The number of nitrogens with zero attached hydrogens (tertiary/aromatic N) is 3. The number of halogens is 1. The van der Waals surface area contributed by atoms with Crippen LogP contribution < -0.4 is 5.32 Å². The van der Waals surface area contributed by atoms with Gasteiger partial charge in [-0.3, -0.25) is 0 Å². The van der Waals surface area contributed by atoms with E-state index in [0.29, 0.717) is 24.7 Å². The van der Waals surface area contributed by atoms with Crippen molar-refractivity contribution in [3.63, 3.8) is 0 Å². The Morgan fingerprint density at radius 2 is 2.22 bits per heavy atom. The van der Waals surface area contributed by atoms with Gasteiger partial charge in [-0.2, -0.15) is 0 Å². The Balaban J connectivity index is 1.66. The zero-order valence-electron chi connectivity index (χ0n) is 14.5. The fraction of sp³-hybridized carbons (Fsp3) is 0.529. The second-order valence-electron chi connectivity index (χ2n) is 5.99. The molecule has 0 spiro atoms. The molecule has 1 aromatic rings. The maximum absolute atomic E-state index is 14.0. The van der Waals surface area contributed by atoms with Gasteiger partial charge in [0.1, 0.15) is 12.5 Å². The van der Waals surface area contributed by atoms with E-state index in [-0.39, 0.29) is 17.9 Å². The lowest BCUT2D eigenvalue weighted by molar-refractivity contribution is 0.0568. The molecule has 6 heteroatoms. The van der Waals surface area contributed by atoms with Gasteiger partial charge >= 0.3 is 0 Å². The Hall–Kier alpha value is -1.95. The number of nitrogens with one attached hydrogen (secondary N) is 1. The average Bonchev–Trinajstić information content (AvgIpc) is 2.58. The zero-order chi connectivity index (χ0) is 17.1. The molecule has 2 atom stereocenters. The van der Waals surface area contributed by atoms with E-state index in [9.17, 15) is 4.39 Å². The second-order valence-corrected chi connectivity index (χ2v) is 5.99. The largest absolute Gasteiger partial charge is 0.381 e. The number of rotatable bonds is 3. The molecule has 1 fully saturated rings. The molecule has 1 N–H and O–H groups in total. The smallest absolute Gasteiger partial charge is 0.221 e. The minimum atomic E-state index is -0.734. The van der Waals surface area contributed by atoms with E-state index in [1.54, 1.807) is 12.4 Å². The van der Waals surface area contributed by atoms with E-state index in [1.807, 2.05) is 24.8 Å².